The van der Waals surface area contributed by atoms with Crippen LogP contribution >= 0.6 is 0 Å². The van der Waals surface area contributed by atoms with Crippen LogP contribution in [0.4, 0.5) is 18.9 Å². The minimum absolute atomic E-state index is 0.105. The van der Waals surface area contributed by atoms with E-state index in [2.05, 4.69) is 10.6 Å². The number of amides is 2. The molecule has 0 heterocycles. The summed E-state index contributed by atoms with van der Waals surface area (Å²) in [5.41, 5.74) is 0.224. The van der Waals surface area contributed by atoms with E-state index >= 15 is 0 Å². The third-order valence-electron chi connectivity index (χ3n) is 3.53. The fourth-order valence-electron chi connectivity index (χ4n) is 2.12. The summed E-state index contributed by atoms with van der Waals surface area (Å²) in [6.07, 6.45) is -3.94. The van der Waals surface area contributed by atoms with Gasteiger partial charge in [-0.15, -0.1) is 0 Å². The number of nitrogens with one attached hydrogen (secondary N) is 2. The van der Waals surface area contributed by atoms with Crippen LogP contribution in [-0.4, -0.2) is 25.5 Å². The zero-order chi connectivity index (χ0) is 19.2. The highest BCUT2D eigenvalue weighted by Crippen LogP contribution is 2.29. The van der Waals surface area contributed by atoms with Crippen LogP contribution in [-0.2, 0) is 22.2 Å². The Balaban J connectivity index is 1.80. The van der Waals surface area contributed by atoms with Gasteiger partial charge in [-0.05, 0) is 48.4 Å². The molecule has 0 spiro atoms. The number of anilines is 1. The van der Waals surface area contributed by atoms with Crippen molar-refractivity contribution in [1.29, 1.82) is 0 Å². The van der Waals surface area contributed by atoms with Crippen molar-refractivity contribution in [3.8, 4) is 5.75 Å². The van der Waals surface area contributed by atoms with Gasteiger partial charge in [-0.2, -0.15) is 13.2 Å². The quantitative estimate of drug-likeness (QED) is 0.800. The van der Waals surface area contributed by atoms with Gasteiger partial charge in [-0.3, -0.25) is 9.59 Å². The molecule has 2 aromatic rings. The van der Waals surface area contributed by atoms with E-state index in [1.54, 1.807) is 19.2 Å². The summed E-state index contributed by atoms with van der Waals surface area (Å²) in [6, 6.07) is 11.1. The first kappa shape index (κ1) is 19.3. The number of hydrogen-bond acceptors (Lipinski definition) is 3. The molecule has 8 heteroatoms. The number of methoxy groups -OCH3 is 1. The number of alkyl halides is 3. The smallest absolute Gasteiger partial charge is 0.416 e. The van der Waals surface area contributed by atoms with Crippen molar-refractivity contribution in [2.24, 2.45) is 0 Å². The van der Waals surface area contributed by atoms with Crippen LogP contribution in [0.2, 0.25) is 0 Å². The highest BCUT2D eigenvalue weighted by molar-refractivity contribution is 6.39. The molecule has 0 bridgehead atoms. The molecule has 0 aromatic heterocycles. The third kappa shape index (κ3) is 5.51. The first-order valence-electron chi connectivity index (χ1n) is 7.69. The molecule has 0 saturated heterocycles. The molecule has 0 aliphatic rings. The molecule has 0 fully saturated rings. The Hall–Kier alpha value is -3.03. The number of hydrogen-bond donors (Lipinski definition) is 2. The fourth-order valence-corrected chi connectivity index (χ4v) is 2.12. The van der Waals surface area contributed by atoms with E-state index in [0.29, 0.717) is 12.2 Å². The van der Waals surface area contributed by atoms with E-state index in [-0.39, 0.29) is 12.2 Å². The van der Waals surface area contributed by atoms with E-state index < -0.39 is 23.6 Å². The van der Waals surface area contributed by atoms with Crippen LogP contribution in [0.15, 0.2) is 48.5 Å². The molecule has 2 amide bonds. The van der Waals surface area contributed by atoms with Crippen molar-refractivity contribution in [3.05, 3.63) is 59.7 Å². The van der Waals surface area contributed by atoms with Crippen LogP contribution in [0.3, 0.4) is 0 Å². The van der Waals surface area contributed by atoms with Crippen LogP contribution < -0.4 is 15.4 Å². The standard InChI is InChI=1S/C18H17F3N2O3/c1-26-15-8-2-12(3-9-15)10-11-22-16(24)17(25)23-14-6-4-13(5-7-14)18(19,20)21/h2-9H,10-11H2,1H3,(H,22,24)(H,23,25). The lowest BCUT2D eigenvalue weighted by molar-refractivity contribution is -0.137. The Morgan fingerprint density at radius 2 is 1.58 bits per heavy atom. The lowest BCUT2D eigenvalue weighted by Gasteiger charge is -2.09. The number of ether oxygens (including phenoxy) is 1. The van der Waals surface area contributed by atoms with Crippen molar-refractivity contribution >= 4 is 17.5 Å². The van der Waals surface area contributed by atoms with Crippen molar-refractivity contribution in [2.75, 3.05) is 19.0 Å². The van der Waals surface area contributed by atoms with Gasteiger partial charge in [-0.1, -0.05) is 12.1 Å². The molecule has 2 aromatic carbocycles. The zero-order valence-corrected chi connectivity index (χ0v) is 13.9. The van der Waals surface area contributed by atoms with E-state index in [1.165, 1.54) is 0 Å². The van der Waals surface area contributed by atoms with Crippen LogP contribution in [0.25, 0.3) is 0 Å². The van der Waals surface area contributed by atoms with Gasteiger partial charge in [0.15, 0.2) is 0 Å². The Bertz CT molecular complexity index is 757. The summed E-state index contributed by atoms with van der Waals surface area (Å²) in [5, 5.41) is 4.70. The van der Waals surface area contributed by atoms with Crippen LogP contribution in [0.1, 0.15) is 11.1 Å². The monoisotopic (exact) mass is 366 g/mol. The Morgan fingerprint density at radius 1 is 0.962 bits per heavy atom. The SMILES string of the molecule is COc1ccc(CCNC(=O)C(=O)Nc2ccc(C(F)(F)F)cc2)cc1. The van der Waals surface area contributed by atoms with E-state index in [1.807, 2.05) is 12.1 Å². The molecule has 5 nitrogen and oxygen atoms in total. The maximum Gasteiger partial charge on any atom is 0.416 e. The second-order valence-electron chi connectivity index (χ2n) is 5.38. The molecule has 0 unspecified atom stereocenters. The molecular formula is C18H17F3N2O3. The maximum atomic E-state index is 12.5. The molecule has 0 atom stereocenters. The summed E-state index contributed by atoms with van der Waals surface area (Å²) in [6.45, 7) is 0.242. The van der Waals surface area contributed by atoms with Gasteiger partial charge in [0.05, 0.1) is 12.7 Å². The number of rotatable bonds is 5. The van der Waals surface area contributed by atoms with E-state index in [0.717, 1.165) is 29.8 Å². The minimum Gasteiger partial charge on any atom is -0.497 e. The van der Waals surface area contributed by atoms with E-state index in [9.17, 15) is 22.8 Å². The molecule has 0 radical (unpaired) electrons. The van der Waals surface area contributed by atoms with Crippen molar-refractivity contribution in [3.63, 3.8) is 0 Å². The largest absolute Gasteiger partial charge is 0.497 e. The number of carbonyl (C=O) groups excluding carboxylic acids is 2. The number of benzene rings is 2. The fraction of sp³-hybridized carbons (Fsp3) is 0.222. The molecule has 0 saturated carbocycles. The maximum absolute atomic E-state index is 12.5. The van der Waals surface area contributed by atoms with Gasteiger partial charge in [0.25, 0.3) is 0 Å². The lowest BCUT2D eigenvalue weighted by Crippen LogP contribution is -2.36. The Kier molecular flexibility index (Phi) is 6.21. The summed E-state index contributed by atoms with van der Waals surface area (Å²) in [5.74, 6) is -1.09. The highest BCUT2D eigenvalue weighted by Gasteiger charge is 2.30. The Labute approximate surface area is 148 Å². The highest BCUT2D eigenvalue weighted by atomic mass is 19.4. The van der Waals surface area contributed by atoms with Gasteiger partial charge in [0.1, 0.15) is 5.75 Å². The average molecular weight is 366 g/mol. The summed E-state index contributed by atoms with van der Waals surface area (Å²) < 4.78 is 42.5. The average Bonchev–Trinajstić information content (AvgIpc) is 2.62. The van der Waals surface area contributed by atoms with E-state index in [4.69, 9.17) is 4.74 Å². The lowest BCUT2D eigenvalue weighted by atomic mass is 10.1. The normalized spacial score (nSPS) is 10.9. The molecule has 138 valence electrons. The number of carbonyl (C=O) groups is 2. The van der Waals surface area contributed by atoms with Crippen LogP contribution in [0.5, 0.6) is 5.75 Å². The summed E-state index contributed by atoms with van der Waals surface area (Å²) in [4.78, 5) is 23.5. The second-order valence-corrected chi connectivity index (χ2v) is 5.38. The first-order valence-corrected chi connectivity index (χ1v) is 7.69. The molecule has 0 aliphatic heterocycles. The van der Waals surface area contributed by atoms with Gasteiger partial charge in [0.2, 0.25) is 0 Å². The first-order chi connectivity index (χ1) is 12.3. The molecular weight excluding hydrogens is 349 g/mol. The zero-order valence-electron chi connectivity index (χ0n) is 13.9. The predicted octanol–water partition coefficient (Wildman–Crippen LogP) is 3.01. The number of halogens is 3. The summed E-state index contributed by atoms with van der Waals surface area (Å²) in [7, 11) is 1.56. The molecule has 2 N–H and O–H groups in total. The van der Waals surface area contributed by atoms with Gasteiger partial charge < -0.3 is 15.4 Å². The van der Waals surface area contributed by atoms with Crippen molar-refractivity contribution < 1.29 is 27.5 Å². The van der Waals surface area contributed by atoms with Crippen molar-refractivity contribution in [2.45, 2.75) is 12.6 Å². The summed E-state index contributed by atoms with van der Waals surface area (Å²) >= 11 is 0. The van der Waals surface area contributed by atoms with Crippen molar-refractivity contribution in [1.82, 2.24) is 5.32 Å². The predicted molar refractivity (Wildman–Crippen MR) is 89.8 cm³/mol. The Morgan fingerprint density at radius 3 is 2.12 bits per heavy atom. The van der Waals surface area contributed by atoms with Crippen LogP contribution in [0, 0.1) is 0 Å². The second kappa shape index (κ2) is 8.37. The third-order valence-corrected chi connectivity index (χ3v) is 3.53. The molecule has 0 aliphatic carbocycles. The van der Waals surface area contributed by atoms with Gasteiger partial charge >= 0.3 is 18.0 Å². The molecule has 2 rings (SSSR count). The van der Waals surface area contributed by atoms with Gasteiger partial charge in [-0.25, -0.2) is 0 Å². The molecule has 26 heavy (non-hydrogen) atoms. The van der Waals surface area contributed by atoms with Gasteiger partial charge in [0, 0.05) is 12.2 Å². The minimum atomic E-state index is -4.46. The topological polar surface area (TPSA) is 67.4 Å².